The molecule has 184 valence electrons. The van der Waals surface area contributed by atoms with Gasteiger partial charge in [-0.1, -0.05) is 12.1 Å². The van der Waals surface area contributed by atoms with E-state index in [0.29, 0.717) is 11.1 Å². The summed E-state index contributed by atoms with van der Waals surface area (Å²) >= 11 is 0. The van der Waals surface area contributed by atoms with E-state index in [9.17, 15) is 34.8 Å². The van der Waals surface area contributed by atoms with Crippen molar-refractivity contribution in [3.05, 3.63) is 57.6 Å². The van der Waals surface area contributed by atoms with E-state index in [1.165, 1.54) is 11.0 Å². The van der Waals surface area contributed by atoms with Crippen molar-refractivity contribution in [2.45, 2.75) is 24.5 Å². The van der Waals surface area contributed by atoms with Gasteiger partial charge in [-0.05, 0) is 56.1 Å². The zero-order valence-corrected chi connectivity index (χ0v) is 19.5. The second-order valence-corrected chi connectivity index (χ2v) is 9.26. The summed E-state index contributed by atoms with van der Waals surface area (Å²) in [4.78, 5) is 44.2. The summed E-state index contributed by atoms with van der Waals surface area (Å²) in [7, 11) is 4.79. The molecule has 0 fully saturated rings. The van der Waals surface area contributed by atoms with Gasteiger partial charge < -0.3 is 26.2 Å². The third-order valence-corrected chi connectivity index (χ3v) is 7.15. The quantitative estimate of drug-likeness (QED) is 0.311. The molecule has 4 atom stereocenters. The van der Waals surface area contributed by atoms with Crippen molar-refractivity contribution < 1.29 is 34.8 Å². The number of aliphatic hydroxyl groups is 3. The van der Waals surface area contributed by atoms with Crippen molar-refractivity contribution in [1.82, 2.24) is 4.90 Å². The number of hydrogen-bond acceptors (Lipinski definition) is 9. The summed E-state index contributed by atoms with van der Waals surface area (Å²) in [6, 6.07) is 2.00. The molecule has 0 saturated heterocycles. The third kappa shape index (κ3) is 3.40. The molecule has 0 aliphatic heterocycles. The number of aliphatic imine (C=N–C) groups is 1. The van der Waals surface area contributed by atoms with Gasteiger partial charge in [-0.15, -0.1) is 0 Å². The molecule has 0 aromatic heterocycles. The number of Topliss-reactive ketones (excluding diaryl/α,β-unsaturated/α-hetero) is 2. The van der Waals surface area contributed by atoms with Gasteiger partial charge in [0.25, 0.3) is 5.91 Å². The Morgan fingerprint density at radius 1 is 1.23 bits per heavy atom. The van der Waals surface area contributed by atoms with Crippen LogP contribution in [-0.4, -0.2) is 81.8 Å². The summed E-state index contributed by atoms with van der Waals surface area (Å²) in [5, 5.41) is 44.1. The van der Waals surface area contributed by atoms with Gasteiger partial charge >= 0.3 is 0 Å². The number of aromatic hydroxyl groups is 1. The highest BCUT2D eigenvalue weighted by Gasteiger charge is 2.63. The van der Waals surface area contributed by atoms with E-state index in [-0.39, 0.29) is 29.7 Å². The van der Waals surface area contributed by atoms with E-state index >= 15 is 0 Å². The molecule has 1 amide bonds. The number of phenolic OH excluding ortho intramolecular Hbond substituents is 1. The van der Waals surface area contributed by atoms with E-state index in [0.717, 1.165) is 0 Å². The summed E-state index contributed by atoms with van der Waals surface area (Å²) < 4.78 is 0. The van der Waals surface area contributed by atoms with Crippen LogP contribution in [0.2, 0.25) is 0 Å². The standard InChI is InChI=1S/C25H27N3O7/c1-27-8-4-5-11-6-7-15(29)17-13(11)9-12-10-14-19(28(2)3)21(31)18(24(26)34)23(33)25(14,35)22(32)16(12)20(17)30/h4-8,12,14,19,29,31-32,35H,9-10H2,1-3H3,(H2,26,34)/b5-4+,27-8-/t12-,14-,19-,25-/m0/s1. The van der Waals surface area contributed by atoms with Gasteiger partial charge in [0.1, 0.15) is 22.8 Å². The molecule has 0 spiro atoms. The number of ketones is 2. The molecule has 35 heavy (non-hydrogen) atoms. The van der Waals surface area contributed by atoms with E-state index in [2.05, 4.69) is 4.99 Å². The van der Waals surface area contributed by atoms with Crippen LogP contribution in [0.5, 0.6) is 5.75 Å². The number of benzene rings is 1. The Morgan fingerprint density at radius 2 is 1.91 bits per heavy atom. The number of phenols is 1. The van der Waals surface area contributed by atoms with Gasteiger partial charge in [0.05, 0.1) is 11.6 Å². The fraction of sp³-hybridized carbons (Fsp3) is 0.360. The van der Waals surface area contributed by atoms with E-state index in [1.54, 1.807) is 45.6 Å². The molecule has 1 aromatic rings. The van der Waals surface area contributed by atoms with E-state index in [1.807, 2.05) is 0 Å². The molecule has 3 aliphatic rings. The molecular formula is C25H27N3O7. The molecule has 0 saturated carbocycles. The minimum absolute atomic E-state index is 0.0265. The molecule has 4 rings (SSSR count). The fourth-order valence-electron chi connectivity index (χ4n) is 5.66. The largest absolute Gasteiger partial charge is 0.510 e. The van der Waals surface area contributed by atoms with Crippen LogP contribution in [0.25, 0.3) is 6.08 Å². The Kier molecular flexibility index (Phi) is 5.90. The normalized spacial score (nSPS) is 28.7. The minimum atomic E-state index is -2.64. The van der Waals surface area contributed by atoms with Crippen LogP contribution in [0.1, 0.15) is 27.9 Å². The van der Waals surface area contributed by atoms with Crippen molar-refractivity contribution in [3.8, 4) is 5.75 Å². The Labute approximate surface area is 201 Å². The Hall–Kier alpha value is -3.76. The van der Waals surface area contributed by atoms with Crippen LogP contribution >= 0.6 is 0 Å². The van der Waals surface area contributed by atoms with E-state index in [4.69, 9.17) is 5.73 Å². The summed E-state index contributed by atoms with van der Waals surface area (Å²) in [6.45, 7) is 0. The molecule has 6 N–H and O–H groups in total. The number of hydrogen-bond donors (Lipinski definition) is 5. The number of primary amides is 1. The van der Waals surface area contributed by atoms with Gasteiger partial charge in [0, 0.05) is 24.8 Å². The first-order valence-electron chi connectivity index (χ1n) is 11.0. The highest BCUT2D eigenvalue weighted by molar-refractivity contribution is 6.24. The number of carbonyl (C=O) groups is 3. The number of aliphatic hydroxyl groups excluding tert-OH is 2. The summed E-state index contributed by atoms with van der Waals surface area (Å²) in [6.07, 6.45) is 5.28. The smallest absolute Gasteiger partial charge is 0.255 e. The highest BCUT2D eigenvalue weighted by Crippen LogP contribution is 2.52. The Morgan fingerprint density at radius 3 is 2.51 bits per heavy atom. The third-order valence-electron chi connectivity index (χ3n) is 7.15. The number of amides is 1. The number of nitrogens with zero attached hydrogens (tertiary/aromatic N) is 2. The van der Waals surface area contributed by atoms with Crippen molar-refractivity contribution >= 4 is 29.8 Å². The number of allylic oxidation sites excluding steroid dienone is 2. The number of carbonyl (C=O) groups excluding carboxylic acids is 3. The average molecular weight is 482 g/mol. The lowest BCUT2D eigenvalue weighted by Gasteiger charge is -2.50. The molecule has 1 aromatic carbocycles. The maximum Gasteiger partial charge on any atom is 0.255 e. The molecule has 0 unspecified atom stereocenters. The molecular weight excluding hydrogens is 454 g/mol. The highest BCUT2D eigenvalue weighted by atomic mass is 16.3. The number of likely N-dealkylation sites (N-methyl/N-ethyl adjacent to an activating group) is 1. The van der Waals surface area contributed by atoms with Gasteiger partial charge in [0.15, 0.2) is 11.4 Å². The van der Waals surface area contributed by atoms with Gasteiger partial charge in [-0.3, -0.25) is 24.3 Å². The first kappa shape index (κ1) is 24.4. The van der Waals surface area contributed by atoms with Crippen LogP contribution in [0.15, 0.2) is 45.9 Å². The zero-order chi connectivity index (χ0) is 25.8. The lowest BCUT2D eigenvalue weighted by molar-refractivity contribution is -0.148. The second kappa shape index (κ2) is 8.47. The predicted molar refractivity (Wildman–Crippen MR) is 127 cm³/mol. The molecule has 0 radical (unpaired) electrons. The van der Waals surface area contributed by atoms with Crippen LogP contribution in [0.3, 0.4) is 0 Å². The van der Waals surface area contributed by atoms with Gasteiger partial charge in [0.2, 0.25) is 5.78 Å². The number of nitrogens with two attached hydrogens (primary N) is 1. The van der Waals surface area contributed by atoms with Crippen LogP contribution < -0.4 is 5.73 Å². The molecule has 0 bridgehead atoms. The predicted octanol–water partition coefficient (Wildman–Crippen LogP) is 0.834. The first-order chi connectivity index (χ1) is 16.5. The van der Waals surface area contributed by atoms with Gasteiger partial charge in [-0.25, -0.2) is 0 Å². The van der Waals surface area contributed by atoms with E-state index < -0.39 is 58.0 Å². The van der Waals surface area contributed by atoms with Crippen molar-refractivity contribution in [3.63, 3.8) is 0 Å². The molecule has 3 aliphatic carbocycles. The number of fused-ring (bicyclic) bond motifs is 3. The van der Waals surface area contributed by atoms with Gasteiger partial charge in [-0.2, -0.15) is 0 Å². The summed E-state index contributed by atoms with van der Waals surface area (Å²) in [5.41, 5.74) is 2.88. The SMILES string of the molecule is C/N=C\C=C\c1ccc(O)c2c1C[C@H]1C[C@H]3[C@H](N(C)C)C(O)=C(C(N)=O)C(=O)[C@@]3(O)C(O)=C1C2=O. The second-order valence-electron chi connectivity index (χ2n) is 9.26. The molecule has 10 nitrogen and oxygen atoms in total. The van der Waals surface area contributed by atoms with Crippen LogP contribution in [-0.2, 0) is 16.0 Å². The molecule has 0 heterocycles. The maximum atomic E-state index is 13.6. The lowest BCUT2D eigenvalue weighted by Crippen LogP contribution is -2.63. The van der Waals surface area contributed by atoms with Crippen LogP contribution in [0.4, 0.5) is 0 Å². The van der Waals surface area contributed by atoms with Crippen LogP contribution in [0, 0.1) is 11.8 Å². The zero-order valence-electron chi connectivity index (χ0n) is 19.5. The fourth-order valence-corrected chi connectivity index (χ4v) is 5.66. The summed E-state index contributed by atoms with van der Waals surface area (Å²) in [5.74, 6) is -6.67. The monoisotopic (exact) mass is 481 g/mol. The Balaban J connectivity index is 1.94. The van der Waals surface area contributed by atoms with Crippen molar-refractivity contribution in [1.29, 1.82) is 0 Å². The number of rotatable bonds is 4. The van der Waals surface area contributed by atoms with Crippen molar-refractivity contribution in [2.24, 2.45) is 22.6 Å². The molecule has 10 heteroatoms. The maximum absolute atomic E-state index is 13.6. The average Bonchev–Trinajstić information content (AvgIpc) is 2.77. The first-order valence-corrected chi connectivity index (χ1v) is 11.0. The topological polar surface area (TPSA) is 174 Å². The minimum Gasteiger partial charge on any atom is -0.510 e. The Bertz CT molecular complexity index is 1270. The van der Waals surface area contributed by atoms with Crippen molar-refractivity contribution in [2.75, 3.05) is 21.1 Å². The lowest BCUT2D eigenvalue weighted by atomic mass is 9.58.